The highest BCUT2D eigenvalue weighted by Gasteiger charge is 1.52. The Morgan fingerprint density at radius 2 is 1.35 bits per heavy atom. The minimum Gasteiger partial charge on any atom is -0.557 e. The van der Waals surface area contributed by atoms with E-state index in [2.05, 4.69) is 63.5 Å². The smallest absolute Gasteiger partial charge is 0.00601 e. The molecule has 1 nitrogen and oxygen atoms in total. The highest BCUT2D eigenvalue weighted by Crippen LogP contribution is 1.73. The molecule has 0 aliphatic carbocycles. The minimum atomic E-state index is 0.983. The van der Waals surface area contributed by atoms with E-state index in [4.69, 9.17) is 0 Å². The van der Waals surface area contributed by atoms with E-state index >= 15 is 0 Å². The molecule has 0 unspecified atom stereocenters. The highest BCUT2D eigenvalue weighted by molar-refractivity contribution is 4.92. The van der Waals surface area contributed by atoms with Crippen molar-refractivity contribution in [1.82, 2.24) is 0 Å². The van der Waals surface area contributed by atoms with E-state index in [9.17, 15) is 0 Å². The summed E-state index contributed by atoms with van der Waals surface area (Å²) in [7, 11) is 4.50. The molecule has 1 heteroatoms. The molecule has 0 aromatic carbocycles. The molecule has 0 atom stereocenters. The van der Waals surface area contributed by atoms with Crippen LogP contribution in [0.3, 0.4) is 0 Å². The number of hydrogen-bond donors (Lipinski definition) is 0. The number of allylic oxidation sites excluding steroid dienone is 2. The first kappa shape index (κ1) is 36.5. The summed E-state index contributed by atoms with van der Waals surface area (Å²) >= 11 is 0. The van der Waals surface area contributed by atoms with Crippen molar-refractivity contribution in [2.75, 3.05) is 7.11 Å². The maximum absolute atomic E-state index is 4.00. The summed E-state index contributed by atoms with van der Waals surface area (Å²) in [6.07, 6.45) is 7.33. The van der Waals surface area contributed by atoms with Gasteiger partial charge in [-0.2, -0.15) is 20.3 Å². The van der Waals surface area contributed by atoms with Gasteiger partial charge in [-0.3, -0.25) is 0 Å². The number of rotatable bonds is 1. The van der Waals surface area contributed by atoms with Crippen molar-refractivity contribution < 1.29 is 4.74 Å². The van der Waals surface area contributed by atoms with Crippen LogP contribution in [0.25, 0.3) is 0 Å². The van der Waals surface area contributed by atoms with Crippen LogP contribution in [0.2, 0.25) is 0 Å². The summed E-state index contributed by atoms with van der Waals surface area (Å²) in [4.78, 5) is 0. The van der Waals surface area contributed by atoms with E-state index in [1.54, 1.807) is 13.8 Å². The Hall–Kier alpha value is -0.740. The van der Waals surface area contributed by atoms with Crippen molar-refractivity contribution in [2.24, 2.45) is 0 Å². The molecule has 0 fully saturated rings. The van der Waals surface area contributed by atoms with Gasteiger partial charge in [-0.15, -0.1) is 11.8 Å². The Kier molecular flexibility index (Phi) is 188. The van der Waals surface area contributed by atoms with Crippen LogP contribution in [0.15, 0.2) is 12.2 Å². The summed E-state index contributed by atoms with van der Waals surface area (Å²) in [5, 5.41) is 0. The highest BCUT2D eigenvalue weighted by atomic mass is 16.4. The van der Waals surface area contributed by atoms with Gasteiger partial charge < -0.3 is 25.5 Å². The van der Waals surface area contributed by atoms with Crippen molar-refractivity contribution in [2.45, 2.75) is 67.7 Å². The fourth-order valence-electron chi connectivity index (χ4n) is 0.412. The molecule has 0 aliphatic heterocycles. The predicted molar refractivity (Wildman–Crippen MR) is 98.9 cm³/mol. The van der Waals surface area contributed by atoms with Gasteiger partial charge in [0.15, 0.2) is 0 Å². The molecule has 0 rings (SSSR count). The molecule has 0 aromatic rings. The second-order valence-electron chi connectivity index (χ2n) is 2.55. The Labute approximate surface area is 132 Å². The molecule has 0 aromatic heterocycles. The molecule has 0 heterocycles. The minimum absolute atomic E-state index is 0.983. The van der Waals surface area contributed by atoms with Gasteiger partial charge in [0.1, 0.15) is 0 Å². The zero-order valence-corrected chi connectivity index (χ0v) is 15.5. The Morgan fingerprint density at radius 3 is 1.35 bits per heavy atom. The van der Waals surface area contributed by atoms with Crippen LogP contribution in [-0.2, 0) is 4.74 Å². The topological polar surface area (TPSA) is 9.23 Å². The van der Waals surface area contributed by atoms with Gasteiger partial charge in [0.2, 0.25) is 0 Å². The summed E-state index contributed by atoms with van der Waals surface area (Å²) in [6, 6.07) is 0. The fourth-order valence-corrected chi connectivity index (χ4v) is 0.412. The Balaban J connectivity index is -0.0000000308. The lowest BCUT2D eigenvalue weighted by molar-refractivity contribution is 0.329. The Morgan fingerprint density at radius 1 is 1.05 bits per heavy atom. The molecule has 126 valence electrons. The number of hydrogen-bond acceptors (Lipinski definition) is 1. The third kappa shape index (κ3) is 429. The molecular formula is C19H40O-4. The first-order valence-electron chi connectivity index (χ1n) is 7.15. The zero-order valence-electron chi connectivity index (χ0n) is 15.5. The van der Waals surface area contributed by atoms with Crippen LogP contribution in [0.1, 0.15) is 67.7 Å². The van der Waals surface area contributed by atoms with Crippen molar-refractivity contribution in [3.05, 3.63) is 40.0 Å². The maximum Gasteiger partial charge on any atom is 0.00601 e. The average Bonchev–Trinajstić information content (AvgIpc) is 2.47. The lowest BCUT2D eigenvalue weighted by atomic mass is 10.4. The maximum atomic E-state index is 4.00. The molecule has 20 heavy (non-hydrogen) atoms. The van der Waals surface area contributed by atoms with Crippen LogP contribution in [0.4, 0.5) is 0 Å². The van der Waals surface area contributed by atoms with Crippen molar-refractivity contribution in [3.63, 3.8) is 0 Å². The largest absolute Gasteiger partial charge is 0.557 e. The molecular weight excluding hydrogens is 244 g/mol. The molecule has 0 saturated heterocycles. The monoisotopic (exact) mass is 284 g/mol. The van der Waals surface area contributed by atoms with Gasteiger partial charge in [-0.1, -0.05) is 32.9 Å². The second-order valence-corrected chi connectivity index (χ2v) is 2.55. The number of methoxy groups -OCH3 is 1. The van der Waals surface area contributed by atoms with E-state index in [0.29, 0.717) is 0 Å². The molecule has 0 bridgehead atoms. The Bertz CT molecular complexity index is 136. The van der Waals surface area contributed by atoms with Gasteiger partial charge in [0.25, 0.3) is 0 Å². The normalized spacial score (nSPS) is 6.20. The van der Waals surface area contributed by atoms with Gasteiger partial charge in [0, 0.05) is 6.42 Å². The second kappa shape index (κ2) is 103. The van der Waals surface area contributed by atoms with E-state index in [0.717, 1.165) is 19.3 Å². The average molecular weight is 285 g/mol. The standard InChI is InChI=1S/C5H10.C5H8.C3H7.C2H5O.2C2H5/c2*1-3-5-4-2;2*1-3-2;2*1-2/h3,5H,4H2,1-2H3;3H2,1-2H3;1,3H2,2H3;1H2,2H3;2*1H2,2H3/q;;4*-1. The van der Waals surface area contributed by atoms with E-state index < -0.39 is 0 Å². The summed E-state index contributed by atoms with van der Waals surface area (Å²) in [5.74, 6) is 5.63. The summed E-state index contributed by atoms with van der Waals surface area (Å²) < 4.78 is 4.00. The van der Waals surface area contributed by atoms with Crippen molar-refractivity contribution >= 4 is 0 Å². The molecule has 0 aliphatic rings. The third-order valence-electron chi connectivity index (χ3n) is 0.825. The van der Waals surface area contributed by atoms with Crippen LogP contribution < -0.4 is 0 Å². The lowest BCUT2D eigenvalue weighted by Gasteiger charge is -1.77. The van der Waals surface area contributed by atoms with Crippen LogP contribution in [0.5, 0.6) is 0 Å². The van der Waals surface area contributed by atoms with Crippen LogP contribution in [-0.4, -0.2) is 7.11 Å². The lowest BCUT2D eigenvalue weighted by Crippen LogP contribution is -1.49. The fraction of sp³-hybridized carbons (Fsp3) is 0.579. The van der Waals surface area contributed by atoms with Gasteiger partial charge in [0.05, 0.1) is 0 Å². The first-order valence-corrected chi connectivity index (χ1v) is 7.15. The van der Waals surface area contributed by atoms with Crippen LogP contribution >= 0.6 is 0 Å². The van der Waals surface area contributed by atoms with E-state index in [-0.39, 0.29) is 0 Å². The molecule has 0 saturated carbocycles. The van der Waals surface area contributed by atoms with E-state index in [1.165, 1.54) is 7.11 Å². The molecule has 0 amide bonds. The molecule has 0 radical (unpaired) electrons. The summed E-state index contributed by atoms with van der Waals surface area (Å²) in [6.45, 7) is 23.5. The third-order valence-corrected chi connectivity index (χ3v) is 0.825. The number of ether oxygens (including phenoxy) is 1. The van der Waals surface area contributed by atoms with Crippen LogP contribution in [0, 0.1) is 39.7 Å². The molecule has 0 spiro atoms. The summed E-state index contributed by atoms with van der Waals surface area (Å²) in [5.41, 5.74) is 0. The first-order chi connectivity index (χ1) is 9.66. The quantitative estimate of drug-likeness (QED) is 0.295. The van der Waals surface area contributed by atoms with Crippen molar-refractivity contribution in [3.8, 4) is 11.8 Å². The van der Waals surface area contributed by atoms with Gasteiger partial charge in [-0.25, -0.2) is 7.11 Å². The predicted octanol–water partition coefficient (Wildman–Crippen LogP) is 6.73. The molecule has 0 N–H and O–H groups in total. The van der Waals surface area contributed by atoms with Gasteiger partial charge in [-0.05, 0) is 27.4 Å². The van der Waals surface area contributed by atoms with E-state index in [1.807, 2.05) is 27.7 Å². The zero-order chi connectivity index (χ0) is 17.7. The van der Waals surface area contributed by atoms with Crippen molar-refractivity contribution in [1.29, 1.82) is 0 Å². The SMILES string of the molecule is CC#CCC.CC=CCC.[CH2-]C.[CH2-]C.[CH2-]CC.[CH2-]OC. The van der Waals surface area contributed by atoms with Gasteiger partial charge >= 0.3 is 0 Å².